The second kappa shape index (κ2) is 2.75. The molecule has 1 saturated carbocycles. The van der Waals surface area contributed by atoms with E-state index in [-0.39, 0.29) is 0 Å². The number of aliphatic carboxylic acids is 1. The molecule has 0 heterocycles. The van der Waals surface area contributed by atoms with E-state index >= 15 is 0 Å². The fraction of sp³-hybridized carbons (Fsp3) is 0.900. The fourth-order valence-electron chi connectivity index (χ4n) is 1.69. The lowest BCUT2D eigenvalue weighted by molar-refractivity contribution is -0.151. The minimum Gasteiger partial charge on any atom is -0.481 e. The van der Waals surface area contributed by atoms with Crippen molar-refractivity contribution in [2.45, 2.75) is 46.5 Å². The first-order valence-corrected chi connectivity index (χ1v) is 4.59. The van der Waals surface area contributed by atoms with E-state index < -0.39 is 11.4 Å². The zero-order chi connectivity index (χ0) is 9.41. The highest BCUT2D eigenvalue weighted by molar-refractivity contribution is 5.74. The lowest BCUT2D eigenvalue weighted by Gasteiger charge is -2.38. The Labute approximate surface area is 74.0 Å². The molecule has 1 aliphatic rings. The topological polar surface area (TPSA) is 37.3 Å². The van der Waals surface area contributed by atoms with E-state index in [4.69, 9.17) is 5.11 Å². The highest BCUT2D eigenvalue weighted by Crippen LogP contribution is 2.44. The van der Waals surface area contributed by atoms with Crippen LogP contribution in [0.2, 0.25) is 0 Å². The summed E-state index contributed by atoms with van der Waals surface area (Å²) in [6, 6.07) is 0. The Hall–Kier alpha value is -0.530. The van der Waals surface area contributed by atoms with Crippen LogP contribution in [0.1, 0.15) is 46.5 Å². The number of carbonyl (C=O) groups is 1. The van der Waals surface area contributed by atoms with Crippen LogP contribution in [-0.4, -0.2) is 11.1 Å². The van der Waals surface area contributed by atoms with Crippen LogP contribution in [0.3, 0.4) is 0 Å². The van der Waals surface area contributed by atoms with Gasteiger partial charge in [0.05, 0.1) is 5.41 Å². The van der Waals surface area contributed by atoms with E-state index in [0.717, 1.165) is 25.7 Å². The number of hydrogen-bond acceptors (Lipinski definition) is 1. The summed E-state index contributed by atoms with van der Waals surface area (Å²) in [6.07, 6.45) is 3.73. The van der Waals surface area contributed by atoms with E-state index in [1.165, 1.54) is 0 Å². The zero-order valence-corrected chi connectivity index (χ0v) is 8.18. The van der Waals surface area contributed by atoms with Crippen LogP contribution in [0.25, 0.3) is 0 Å². The average Bonchev–Trinajstić information content (AvgIpc) is 1.96. The molecule has 0 aromatic carbocycles. The molecule has 2 heteroatoms. The third-order valence-corrected chi connectivity index (χ3v) is 3.22. The first-order chi connectivity index (χ1) is 5.36. The molecule has 0 amide bonds. The SMILES string of the molecule is CC1(C)CCC(C)(C(=O)O)CC1. The van der Waals surface area contributed by atoms with Crippen molar-refractivity contribution in [3.8, 4) is 0 Å². The van der Waals surface area contributed by atoms with Crippen LogP contribution >= 0.6 is 0 Å². The quantitative estimate of drug-likeness (QED) is 0.657. The van der Waals surface area contributed by atoms with E-state index in [1.807, 2.05) is 6.92 Å². The molecule has 1 fully saturated rings. The molecule has 0 radical (unpaired) electrons. The Morgan fingerprint density at radius 3 is 1.83 bits per heavy atom. The van der Waals surface area contributed by atoms with Gasteiger partial charge >= 0.3 is 5.97 Å². The molecule has 1 aliphatic carbocycles. The summed E-state index contributed by atoms with van der Waals surface area (Å²) in [7, 11) is 0. The van der Waals surface area contributed by atoms with Gasteiger partial charge in [0.25, 0.3) is 0 Å². The normalized spacial score (nSPS) is 26.6. The summed E-state index contributed by atoms with van der Waals surface area (Å²) in [6.45, 7) is 6.30. The third kappa shape index (κ3) is 1.79. The highest BCUT2D eigenvalue weighted by atomic mass is 16.4. The average molecular weight is 170 g/mol. The van der Waals surface area contributed by atoms with Gasteiger partial charge in [0.15, 0.2) is 0 Å². The Bertz CT molecular complexity index is 184. The first kappa shape index (κ1) is 9.56. The molecule has 70 valence electrons. The van der Waals surface area contributed by atoms with Crippen molar-refractivity contribution in [2.75, 3.05) is 0 Å². The molecule has 1 rings (SSSR count). The molecule has 2 nitrogen and oxygen atoms in total. The third-order valence-electron chi connectivity index (χ3n) is 3.22. The van der Waals surface area contributed by atoms with E-state index in [2.05, 4.69) is 13.8 Å². The molecule has 0 bridgehead atoms. The zero-order valence-electron chi connectivity index (χ0n) is 8.18. The molecule has 0 aliphatic heterocycles. The van der Waals surface area contributed by atoms with Gasteiger partial charge in [0, 0.05) is 0 Å². The van der Waals surface area contributed by atoms with Gasteiger partial charge in [-0.2, -0.15) is 0 Å². The first-order valence-electron chi connectivity index (χ1n) is 4.59. The minimum atomic E-state index is -0.627. The molecule has 1 N–H and O–H groups in total. The monoisotopic (exact) mass is 170 g/mol. The summed E-state index contributed by atoms with van der Waals surface area (Å²) >= 11 is 0. The maximum absolute atomic E-state index is 10.9. The van der Waals surface area contributed by atoms with Gasteiger partial charge in [-0.3, -0.25) is 4.79 Å². The van der Waals surface area contributed by atoms with Gasteiger partial charge in [0.2, 0.25) is 0 Å². The van der Waals surface area contributed by atoms with Crippen LogP contribution in [0, 0.1) is 10.8 Å². The molecule has 0 aromatic heterocycles. The van der Waals surface area contributed by atoms with Gasteiger partial charge < -0.3 is 5.11 Å². The summed E-state index contributed by atoms with van der Waals surface area (Å²) in [5.74, 6) is -0.627. The summed E-state index contributed by atoms with van der Waals surface area (Å²) in [5.41, 5.74) is -0.0928. The summed E-state index contributed by atoms with van der Waals surface area (Å²) in [5, 5.41) is 8.97. The Balaban J connectivity index is 2.62. The van der Waals surface area contributed by atoms with Crippen LogP contribution in [0.5, 0.6) is 0 Å². The summed E-state index contributed by atoms with van der Waals surface area (Å²) in [4.78, 5) is 10.9. The lowest BCUT2D eigenvalue weighted by Crippen LogP contribution is -2.35. The van der Waals surface area contributed by atoms with Gasteiger partial charge in [-0.1, -0.05) is 13.8 Å². The van der Waals surface area contributed by atoms with Gasteiger partial charge in [-0.25, -0.2) is 0 Å². The largest absolute Gasteiger partial charge is 0.481 e. The Morgan fingerprint density at radius 2 is 1.50 bits per heavy atom. The molecule has 0 atom stereocenters. The van der Waals surface area contributed by atoms with Crippen molar-refractivity contribution in [2.24, 2.45) is 10.8 Å². The molecule has 0 saturated heterocycles. The maximum Gasteiger partial charge on any atom is 0.309 e. The predicted molar refractivity (Wildman–Crippen MR) is 48.0 cm³/mol. The van der Waals surface area contributed by atoms with Crippen LogP contribution < -0.4 is 0 Å². The fourth-order valence-corrected chi connectivity index (χ4v) is 1.69. The molecule has 0 spiro atoms. The van der Waals surface area contributed by atoms with E-state index in [0.29, 0.717) is 5.41 Å². The van der Waals surface area contributed by atoms with Gasteiger partial charge in [-0.05, 0) is 38.0 Å². The highest BCUT2D eigenvalue weighted by Gasteiger charge is 2.39. The Kier molecular flexibility index (Phi) is 2.19. The lowest BCUT2D eigenvalue weighted by atomic mass is 9.66. The molecular weight excluding hydrogens is 152 g/mol. The number of carboxylic acid groups (broad SMARTS) is 1. The smallest absolute Gasteiger partial charge is 0.309 e. The second-order valence-electron chi connectivity index (χ2n) is 5.03. The molecular formula is C10H18O2. The minimum absolute atomic E-state index is 0.356. The van der Waals surface area contributed by atoms with Gasteiger partial charge in [0.1, 0.15) is 0 Å². The van der Waals surface area contributed by atoms with E-state index in [1.54, 1.807) is 0 Å². The Morgan fingerprint density at radius 1 is 1.08 bits per heavy atom. The molecule has 0 unspecified atom stereocenters. The van der Waals surface area contributed by atoms with Crippen LogP contribution in [0.15, 0.2) is 0 Å². The van der Waals surface area contributed by atoms with Gasteiger partial charge in [-0.15, -0.1) is 0 Å². The predicted octanol–water partition coefficient (Wildman–Crippen LogP) is 2.68. The summed E-state index contributed by atoms with van der Waals surface area (Å²) < 4.78 is 0. The standard InChI is InChI=1S/C10H18O2/c1-9(2)4-6-10(3,7-5-9)8(11)12/h4-7H2,1-3H3,(H,11,12). The van der Waals surface area contributed by atoms with Crippen molar-refractivity contribution in [3.05, 3.63) is 0 Å². The molecule has 0 aromatic rings. The van der Waals surface area contributed by atoms with Crippen LogP contribution in [-0.2, 0) is 4.79 Å². The van der Waals surface area contributed by atoms with Crippen molar-refractivity contribution < 1.29 is 9.90 Å². The number of hydrogen-bond donors (Lipinski definition) is 1. The van der Waals surface area contributed by atoms with Crippen molar-refractivity contribution in [1.82, 2.24) is 0 Å². The molecule has 12 heavy (non-hydrogen) atoms. The van der Waals surface area contributed by atoms with Crippen LogP contribution in [0.4, 0.5) is 0 Å². The van der Waals surface area contributed by atoms with Crippen molar-refractivity contribution in [3.63, 3.8) is 0 Å². The number of rotatable bonds is 1. The second-order valence-corrected chi connectivity index (χ2v) is 5.03. The number of carboxylic acids is 1. The maximum atomic E-state index is 10.9. The van der Waals surface area contributed by atoms with Crippen molar-refractivity contribution in [1.29, 1.82) is 0 Å². The van der Waals surface area contributed by atoms with E-state index in [9.17, 15) is 4.79 Å². The van der Waals surface area contributed by atoms with Crippen molar-refractivity contribution >= 4 is 5.97 Å².